The van der Waals surface area contributed by atoms with Crippen LogP contribution >= 0.6 is 0 Å². The summed E-state index contributed by atoms with van der Waals surface area (Å²) in [6.07, 6.45) is 5.56. The Kier molecular flexibility index (Phi) is 5.42. The quantitative estimate of drug-likeness (QED) is 0.534. The normalized spacial score (nSPS) is 14.8. The van der Waals surface area contributed by atoms with Crippen LogP contribution in [0.15, 0.2) is 73.2 Å². The monoisotopic (exact) mass is 399 g/mol. The molecule has 1 N–H and O–H groups in total. The zero-order valence-electron chi connectivity index (χ0n) is 16.9. The predicted octanol–water partition coefficient (Wildman–Crippen LogP) is 3.81. The van der Waals surface area contributed by atoms with Crippen molar-refractivity contribution in [2.45, 2.75) is 0 Å². The van der Waals surface area contributed by atoms with Gasteiger partial charge < -0.3 is 10.1 Å². The predicted molar refractivity (Wildman–Crippen MR) is 120 cm³/mol. The number of nitrogens with one attached hydrogen (secondary N) is 1. The minimum absolute atomic E-state index is 0.820. The molecule has 0 unspecified atom stereocenters. The lowest BCUT2D eigenvalue weighted by atomic mass is 10.0. The molecule has 30 heavy (non-hydrogen) atoms. The lowest BCUT2D eigenvalue weighted by Gasteiger charge is -2.26. The number of morpholine rings is 1. The van der Waals surface area contributed by atoms with Crippen molar-refractivity contribution >= 4 is 11.5 Å². The Bertz CT molecular complexity index is 1100. The summed E-state index contributed by atoms with van der Waals surface area (Å²) in [5, 5.41) is 3.62. The van der Waals surface area contributed by atoms with E-state index in [1.807, 2.05) is 12.3 Å². The molecule has 5 rings (SSSR count). The van der Waals surface area contributed by atoms with Crippen molar-refractivity contribution in [2.75, 3.05) is 44.7 Å². The molecule has 0 aliphatic carbocycles. The van der Waals surface area contributed by atoms with Crippen molar-refractivity contribution in [1.29, 1.82) is 0 Å². The summed E-state index contributed by atoms with van der Waals surface area (Å²) in [7, 11) is 0. The van der Waals surface area contributed by atoms with Crippen LogP contribution in [-0.4, -0.2) is 58.7 Å². The molecule has 152 valence electrons. The second-order valence-electron chi connectivity index (χ2n) is 7.44. The highest BCUT2D eigenvalue weighted by atomic mass is 16.5. The van der Waals surface area contributed by atoms with E-state index in [0.29, 0.717) is 0 Å². The molecule has 0 spiro atoms. The summed E-state index contributed by atoms with van der Waals surface area (Å²) in [6.45, 7) is 5.46. The lowest BCUT2D eigenvalue weighted by molar-refractivity contribution is 0.0398. The summed E-state index contributed by atoms with van der Waals surface area (Å²) in [5.74, 6) is 1.01. The highest BCUT2D eigenvalue weighted by Crippen LogP contribution is 2.30. The average molecular weight is 399 g/mol. The van der Waals surface area contributed by atoms with Crippen LogP contribution in [0.5, 0.6) is 0 Å². The number of fused-ring (bicyclic) bond motifs is 1. The molecule has 3 heterocycles. The van der Waals surface area contributed by atoms with Crippen LogP contribution in [0, 0.1) is 0 Å². The third-order valence-corrected chi connectivity index (χ3v) is 5.52. The van der Waals surface area contributed by atoms with E-state index in [1.165, 1.54) is 11.1 Å². The van der Waals surface area contributed by atoms with Gasteiger partial charge in [0.2, 0.25) is 0 Å². The summed E-state index contributed by atoms with van der Waals surface area (Å²) in [6, 6.07) is 19.0. The first-order valence-corrected chi connectivity index (χ1v) is 10.4. The van der Waals surface area contributed by atoms with Crippen LogP contribution in [0.1, 0.15) is 0 Å². The first-order valence-electron chi connectivity index (χ1n) is 10.4. The van der Waals surface area contributed by atoms with Gasteiger partial charge in [0.25, 0.3) is 0 Å². The highest BCUT2D eigenvalue weighted by Gasteiger charge is 2.15. The molecule has 1 saturated heterocycles. The van der Waals surface area contributed by atoms with Gasteiger partial charge in [-0.3, -0.25) is 14.3 Å². The summed E-state index contributed by atoms with van der Waals surface area (Å²) in [4.78, 5) is 11.5. The SMILES string of the molecule is c1ccc(-c2ccc(-c3nc4cnccn4c3NCCN3CCOCC3)cc2)cc1. The molecule has 6 heteroatoms. The van der Waals surface area contributed by atoms with E-state index >= 15 is 0 Å². The molecule has 0 radical (unpaired) electrons. The maximum Gasteiger partial charge on any atom is 0.157 e. The maximum atomic E-state index is 5.44. The lowest BCUT2D eigenvalue weighted by Crippen LogP contribution is -2.39. The molecule has 6 nitrogen and oxygen atoms in total. The smallest absolute Gasteiger partial charge is 0.157 e. The molecular weight excluding hydrogens is 374 g/mol. The Balaban J connectivity index is 1.41. The highest BCUT2D eigenvalue weighted by molar-refractivity contribution is 5.78. The van der Waals surface area contributed by atoms with Crippen molar-refractivity contribution in [3.63, 3.8) is 0 Å². The molecule has 0 amide bonds. The summed E-state index contributed by atoms with van der Waals surface area (Å²) < 4.78 is 7.52. The van der Waals surface area contributed by atoms with E-state index in [0.717, 1.165) is 62.1 Å². The maximum absolute atomic E-state index is 5.44. The topological polar surface area (TPSA) is 54.7 Å². The van der Waals surface area contributed by atoms with Crippen molar-refractivity contribution in [1.82, 2.24) is 19.3 Å². The zero-order chi connectivity index (χ0) is 20.2. The third-order valence-electron chi connectivity index (χ3n) is 5.52. The molecular formula is C24H25N5O. The average Bonchev–Trinajstić information content (AvgIpc) is 3.19. The van der Waals surface area contributed by atoms with Crippen molar-refractivity contribution < 1.29 is 4.74 Å². The van der Waals surface area contributed by atoms with Crippen LogP contribution in [0.3, 0.4) is 0 Å². The number of hydrogen-bond donors (Lipinski definition) is 1. The number of benzene rings is 2. The van der Waals surface area contributed by atoms with Crippen molar-refractivity contribution in [3.05, 3.63) is 73.2 Å². The molecule has 1 aliphatic heterocycles. The fraction of sp³-hybridized carbons (Fsp3) is 0.250. The first kappa shape index (κ1) is 18.8. The number of ether oxygens (including phenoxy) is 1. The number of anilines is 1. The number of rotatable bonds is 6. The standard InChI is InChI=1S/C24H25N5O/c1-2-4-19(5-3-1)20-6-8-21(9-7-20)23-24(29-13-10-25-18-22(29)27-23)26-11-12-28-14-16-30-17-15-28/h1-10,13,18,26H,11-12,14-17H2. The first-order chi connectivity index (χ1) is 14.9. The fourth-order valence-corrected chi connectivity index (χ4v) is 3.89. The molecule has 1 fully saturated rings. The Hall–Kier alpha value is -3.22. The summed E-state index contributed by atoms with van der Waals surface area (Å²) >= 11 is 0. The van der Waals surface area contributed by atoms with Crippen LogP contribution in [-0.2, 0) is 4.74 Å². The molecule has 4 aromatic rings. The van der Waals surface area contributed by atoms with E-state index < -0.39 is 0 Å². The van der Waals surface area contributed by atoms with Gasteiger partial charge in [0.05, 0.1) is 19.4 Å². The largest absolute Gasteiger partial charge is 0.379 e. The van der Waals surface area contributed by atoms with Gasteiger partial charge in [-0.1, -0.05) is 54.6 Å². The fourth-order valence-electron chi connectivity index (χ4n) is 3.89. The Morgan fingerprint density at radius 2 is 1.63 bits per heavy atom. The minimum atomic E-state index is 0.820. The Morgan fingerprint density at radius 1 is 0.900 bits per heavy atom. The summed E-state index contributed by atoms with van der Waals surface area (Å²) in [5.41, 5.74) is 5.30. The van der Waals surface area contributed by atoms with Gasteiger partial charge in [-0.15, -0.1) is 0 Å². The zero-order valence-corrected chi connectivity index (χ0v) is 16.9. The third kappa shape index (κ3) is 3.92. The molecule has 2 aromatic carbocycles. The Morgan fingerprint density at radius 3 is 2.43 bits per heavy atom. The van der Waals surface area contributed by atoms with Crippen LogP contribution in [0.25, 0.3) is 28.0 Å². The number of hydrogen-bond acceptors (Lipinski definition) is 5. The van der Waals surface area contributed by atoms with Crippen LogP contribution in [0.4, 0.5) is 5.82 Å². The Labute approximate surface area is 176 Å². The van der Waals surface area contributed by atoms with Gasteiger partial charge in [0.15, 0.2) is 5.65 Å². The molecule has 0 atom stereocenters. The van der Waals surface area contributed by atoms with Gasteiger partial charge in [-0.25, -0.2) is 4.98 Å². The van der Waals surface area contributed by atoms with Crippen LogP contribution in [0.2, 0.25) is 0 Å². The van der Waals surface area contributed by atoms with Gasteiger partial charge in [0, 0.05) is 44.1 Å². The van der Waals surface area contributed by atoms with E-state index in [9.17, 15) is 0 Å². The molecule has 0 saturated carbocycles. The van der Waals surface area contributed by atoms with E-state index in [-0.39, 0.29) is 0 Å². The molecule has 0 bridgehead atoms. The number of imidazole rings is 1. The van der Waals surface area contributed by atoms with E-state index in [1.54, 1.807) is 12.4 Å². The van der Waals surface area contributed by atoms with Crippen LogP contribution < -0.4 is 5.32 Å². The second-order valence-corrected chi connectivity index (χ2v) is 7.44. The molecule has 1 aliphatic rings. The van der Waals surface area contributed by atoms with Gasteiger partial charge >= 0.3 is 0 Å². The van der Waals surface area contributed by atoms with Gasteiger partial charge in [0.1, 0.15) is 11.5 Å². The van der Waals surface area contributed by atoms with E-state index in [4.69, 9.17) is 9.72 Å². The van der Waals surface area contributed by atoms with E-state index in [2.05, 4.69) is 68.1 Å². The molecule has 2 aromatic heterocycles. The van der Waals surface area contributed by atoms with Crippen molar-refractivity contribution in [3.8, 4) is 22.4 Å². The van der Waals surface area contributed by atoms with Crippen molar-refractivity contribution in [2.24, 2.45) is 0 Å². The van der Waals surface area contributed by atoms with Gasteiger partial charge in [-0.2, -0.15) is 0 Å². The second kappa shape index (κ2) is 8.65. The van der Waals surface area contributed by atoms with Gasteiger partial charge in [-0.05, 0) is 11.1 Å². The number of nitrogens with zero attached hydrogens (tertiary/aromatic N) is 4. The number of aromatic nitrogens is 3. The minimum Gasteiger partial charge on any atom is -0.379 e.